The molecule has 3 rings (SSSR count). The number of aryl methyl sites for hydroxylation is 1. The van der Waals surface area contributed by atoms with Gasteiger partial charge in [-0.1, -0.05) is 6.07 Å². The van der Waals surface area contributed by atoms with Crippen LogP contribution in [0.2, 0.25) is 0 Å². The minimum atomic E-state index is 0. The van der Waals surface area contributed by atoms with E-state index >= 15 is 0 Å². The molecule has 0 amide bonds. The molecule has 1 fully saturated rings. The van der Waals surface area contributed by atoms with Gasteiger partial charge in [0.15, 0.2) is 5.96 Å². The first kappa shape index (κ1) is 21.2. The third-order valence-corrected chi connectivity index (χ3v) is 5.09. The lowest BCUT2D eigenvalue weighted by Gasteiger charge is -2.26. The Labute approximate surface area is 173 Å². The van der Waals surface area contributed by atoms with E-state index in [1.165, 1.54) is 24.0 Å². The topological polar surface area (TPSA) is 83.1 Å². The Bertz CT molecular complexity index is 603. The van der Waals surface area contributed by atoms with Crippen molar-refractivity contribution in [3.8, 4) is 5.75 Å². The minimum absolute atomic E-state index is 0. The molecule has 0 bridgehead atoms. The zero-order chi connectivity index (χ0) is 17.5. The van der Waals surface area contributed by atoms with Crippen LogP contribution in [0.25, 0.3) is 0 Å². The monoisotopic (exact) mass is 474 g/mol. The van der Waals surface area contributed by atoms with E-state index in [-0.39, 0.29) is 24.0 Å². The Balaban J connectivity index is 0.00000243. The number of aromatic hydroxyl groups is 1. The van der Waals surface area contributed by atoms with Crippen LogP contribution < -0.4 is 11.1 Å². The maximum atomic E-state index is 10.2. The largest absolute Gasteiger partial charge is 0.508 e. The number of aliphatic imine (C=N–C) groups is 1. The van der Waals surface area contributed by atoms with Gasteiger partial charge in [0.05, 0.1) is 19.8 Å². The molecular formula is C19H31IN4O2. The number of benzene rings is 1. The number of fused-ring (bicyclic) bond motifs is 1. The van der Waals surface area contributed by atoms with Crippen LogP contribution in [0.3, 0.4) is 0 Å². The van der Waals surface area contributed by atoms with Gasteiger partial charge in [-0.25, -0.2) is 4.99 Å². The van der Waals surface area contributed by atoms with E-state index < -0.39 is 0 Å². The van der Waals surface area contributed by atoms with Crippen molar-refractivity contribution in [1.82, 2.24) is 10.2 Å². The molecule has 6 nitrogen and oxygen atoms in total. The van der Waals surface area contributed by atoms with Crippen molar-refractivity contribution in [2.75, 3.05) is 39.4 Å². The minimum Gasteiger partial charge on any atom is -0.508 e. The van der Waals surface area contributed by atoms with Crippen molar-refractivity contribution in [2.45, 2.75) is 38.6 Å². The number of halogens is 1. The number of morpholine rings is 1. The molecule has 1 aliphatic carbocycles. The van der Waals surface area contributed by atoms with Crippen LogP contribution in [0, 0.1) is 0 Å². The number of ether oxygens (including phenoxy) is 1. The van der Waals surface area contributed by atoms with Gasteiger partial charge in [-0.3, -0.25) is 4.90 Å². The number of hydrogen-bond donors (Lipinski definition) is 3. The SMILES string of the molecule is I.NC(=NCc1c(O)ccc2c1CCCC2)NCCCN1CCOCC1. The Hall–Kier alpha value is -1.06. The van der Waals surface area contributed by atoms with Gasteiger partial charge < -0.3 is 20.9 Å². The standard InChI is InChI=1S/C19H30N4O2.HI/c20-19(21-8-3-9-23-10-12-25-13-11-23)22-14-17-16-5-2-1-4-15(16)6-7-18(17)24;/h6-7,24H,1-5,8-14H2,(H3,20,21,22);1H. The molecule has 1 aliphatic heterocycles. The fraction of sp³-hybridized carbons (Fsp3) is 0.632. The summed E-state index contributed by atoms with van der Waals surface area (Å²) in [6.07, 6.45) is 5.57. The van der Waals surface area contributed by atoms with Crippen LogP contribution in [0.5, 0.6) is 5.75 Å². The molecule has 146 valence electrons. The average molecular weight is 474 g/mol. The lowest BCUT2D eigenvalue weighted by Crippen LogP contribution is -2.39. The Morgan fingerprint density at radius 3 is 2.81 bits per heavy atom. The van der Waals surface area contributed by atoms with E-state index in [0.29, 0.717) is 18.3 Å². The first-order valence-corrected chi connectivity index (χ1v) is 9.40. The highest BCUT2D eigenvalue weighted by Gasteiger charge is 2.16. The third kappa shape index (κ3) is 5.99. The summed E-state index contributed by atoms with van der Waals surface area (Å²) in [6.45, 7) is 6.01. The molecule has 7 heteroatoms. The summed E-state index contributed by atoms with van der Waals surface area (Å²) in [6, 6.07) is 3.84. The molecule has 4 N–H and O–H groups in total. The van der Waals surface area contributed by atoms with Gasteiger partial charge in [-0.15, -0.1) is 24.0 Å². The Kier molecular flexibility index (Phi) is 8.94. The predicted octanol–water partition coefficient (Wildman–Crippen LogP) is 2.02. The van der Waals surface area contributed by atoms with Gasteiger partial charge in [0, 0.05) is 25.2 Å². The van der Waals surface area contributed by atoms with Crippen molar-refractivity contribution < 1.29 is 9.84 Å². The van der Waals surface area contributed by atoms with E-state index in [1.807, 2.05) is 6.07 Å². The van der Waals surface area contributed by atoms with Gasteiger partial charge in [0.2, 0.25) is 0 Å². The molecular weight excluding hydrogens is 443 g/mol. The highest BCUT2D eigenvalue weighted by Crippen LogP contribution is 2.30. The number of nitrogens with zero attached hydrogens (tertiary/aromatic N) is 2. The number of nitrogens with two attached hydrogens (primary N) is 1. The second kappa shape index (κ2) is 10.9. The van der Waals surface area contributed by atoms with E-state index in [9.17, 15) is 5.11 Å². The van der Waals surface area contributed by atoms with Crippen LogP contribution in [-0.4, -0.2) is 55.4 Å². The lowest BCUT2D eigenvalue weighted by molar-refractivity contribution is 0.0376. The predicted molar refractivity (Wildman–Crippen MR) is 115 cm³/mol. The summed E-state index contributed by atoms with van der Waals surface area (Å²) >= 11 is 0. The normalized spacial score (nSPS) is 18.1. The van der Waals surface area contributed by atoms with Gasteiger partial charge in [-0.05, 0) is 55.8 Å². The van der Waals surface area contributed by atoms with Gasteiger partial charge >= 0.3 is 0 Å². The van der Waals surface area contributed by atoms with Crippen LogP contribution in [0.1, 0.15) is 36.0 Å². The molecule has 1 aromatic carbocycles. The van der Waals surface area contributed by atoms with Crippen LogP contribution in [-0.2, 0) is 24.1 Å². The van der Waals surface area contributed by atoms with Crippen molar-refractivity contribution >= 4 is 29.9 Å². The molecule has 26 heavy (non-hydrogen) atoms. The Morgan fingerprint density at radius 1 is 1.23 bits per heavy atom. The molecule has 1 heterocycles. The number of nitrogens with one attached hydrogen (secondary N) is 1. The van der Waals surface area contributed by atoms with Gasteiger partial charge in [0.25, 0.3) is 0 Å². The first-order valence-electron chi connectivity index (χ1n) is 9.40. The Morgan fingerprint density at radius 2 is 2.00 bits per heavy atom. The molecule has 0 atom stereocenters. The quantitative estimate of drug-likeness (QED) is 0.254. The molecule has 1 saturated heterocycles. The molecule has 0 saturated carbocycles. The fourth-order valence-corrected chi connectivity index (χ4v) is 3.63. The van der Waals surface area contributed by atoms with Crippen molar-refractivity contribution in [3.05, 3.63) is 28.8 Å². The van der Waals surface area contributed by atoms with Crippen molar-refractivity contribution in [1.29, 1.82) is 0 Å². The molecule has 0 radical (unpaired) electrons. The lowest BCUT2D eigenvalue weighted by atomic mass is 9.88. The molecule has 1 aromatic rings. The smallest absolute Gasteiger partial charge is 0.188 e. The summed E-state index contributed by atoms with van der Waals surface area (Å²) in [5.41, 5.74) is 9.56. The summed E-state index contributed by atoms with van der Waals surface area (Å²) in [4.78, 5) is 6.85. The van der Waals surface area contributed by atoms with E-state index in [1.54, 1.807) is 6.07 Å². The number of phenolic OH excluding ortho intramolecular Hbond substituents is 1. The molecule has 2 aliphatic rings. The van der Waals surface area contributed by atoms with E-state index in [4.69, 9.17) is 10.5 Å². The van der Waals surface area contributed by atoms with Crippen molar-refractivity contribution in [2.24, 2.45) is 10.7 Å². The number of guanidine groups is 1. The third-order valence-electron chi connectivity index (χ3n) is 5.09. The number of hydrogen-bond acceptors (Lipinski definition) is 4. The maximum Gasteiger partial charge on any atom is 0.188 e. The zero-order valence-electron chi connectivity index (χ0n) is 15.4. The summed E-state index contributed by atoms with van der Waals surface area (Å²) < 4.78 is 5.35. The summed E-state index contributed by atoms with van der Waals surface area (Å²) in [5, 5.41) is 13.4. The zero-order valence-corrected chi connectivity index (χ0v) is 17.7. The highest BCUT2D eigenvalue weighted by atomic mass is 127. The van der Waals surface area contributed by atoms with Gasteiger partial charge in [-0.2, -0.15) is 0 Å². The van der Waals surface area contributed by atoms with E-state index in [2.05, 4.69) is 15.2 Å². The molecule has 0 aromatic heterocycles. The molecule has 0 spiro atoms. The average Bonchev–Trinajstić information content (AvgIpc) is 2.65. The fourth-order valence-electron chi connectivity index (χ4n) is 3.63. The second-order valence-electron chi connectivity index (χ2n) is 6.84. The van der Waals surface area contributed by atoms with Gasteiger partial charge in [0.1, 0.15) is 5.75 Å². The summed E-state index contributed by atoms with van der Waals surface area (Å²) in [7, 11) is 0. The summed E-state index contributed by atoms with van der Waals surface area (Å²) in [5.74, 6) is 0.791. The van der Waals surface area contributed by atoms with Crippen molar-refractivity contribution in [3.63, 3.8) is 0 Å². The van der Waals surface area contributed by atoms with Crippen LogP contribution in [0.15, 0.2) is 17.1 Å². The van der Waals surface area contributed by atoms with E-state index in [0.717, 1.165) is 64.2 Å². The van der Waals surface area contributed by atoms with Crippen LogP contribution >= 0.6 is 24.0 Å². The number of phenols is 1. The highest BCUT2D eigenvalue weighted by molar-refractivity contribution is 14.0. The maximum absolute atomic E-state index is 10.2. The first-order chi connectivity index (χ1) is 12.2. The number of rotatable bonds is 6. The van der Waals surface area contributed by atoms with Crippen LogP contribution in [0.4, 0.5) is 0 Å². The molecule has 0 unspecified atom stereocenters. The second-order valence-corrected chi connectivity index (χ2v) is 6.84.